The lowest BCUT2D eigenvalue weighted by molar-refractivity contribution is -0.117. The summed E-state index contributed by atoms with van der Waals surface area (Å²) in [6, 6.07) is 0.388. The number of amides is 1. The van der Waals surface area contributed by atoms with Crippen LogP contribution in [0.15, 0.2) is 34.9 Å². The van der Waals surface area contributed by atoms with Crippen LogP contribution in [0, 0.1) is 5.92 Å². The van der Waals surface area contributed by atoms with Gasteiger partial charge < -0.3 is 11.1 Å². The summed E-state index contributed by atoms with van der Waals surface area (Å²) in [4.78, 5) is 12.0. The molecule has 0 aliphatic heterocycles. The SMILES string of the molecule is C/C=C(/CCN)C1C=C1/C(C)=C\C(=O)NC1CCCC1. The molecule has 0 saturated heterocycles. The van der Waals surface area contributed by atoms with Crippen molar-refractivity contribution in [3.8, 4) is 0 Å². The Hall–Kier alpha value is -1.35. The van der Waals surface area contributed by atoms with Crippen LogP contribution in [0.5, 0.6) is 0 Å². The average molecular weight is 274 g/mol. The molecule has 20 heavy (non-hydrogen) atoms. The summed E-state index contributed by atoms with van der Waals surface area (Å²) in [6.45, 7) is 4.76. The van der Waals surface area contributed by atoms with Crippen molar-refractivity contribution in [2.75, 3.05) is 6.54 Å². The lowest BCUT2D eigenvalue weighted by atomic mass is 10.0. The van der Waals surface area contributed by atoms with Crippen LogP contribution in [0.3, 0.4) is 0 Å². The Balaban J connectivity index is 1.85. The van der Waals surface area contributed by atoms with Gasteiger partial charge in [-0.05, 0) is 50.8 Å². The van der Waals surface area contributed by atoms with Gasteiger partial charge >= 0.3 is 0 Å². The summed E-state index contributed by atoms with van der Waals surface area (Å²) in [7, 11) is 0. The molecule has 0 aromatic heterocycles. The maximum atomic E-state index is 12.0. The normalized spacial score (nSPS) is 23.8. The van der Waals surface area contributed by atoms with Crippen LogP contribution in [0.25, 0.3) is 0 Å². The van der Waals surface area contributed by atoms with E-state index in [1.54, 1.807) is 6.08 Å². The number of carbonyl (C=O) groups is 1. The van der Waals surface area contributed by atoms with Crippen molar-refractivity contribution < 1.29 is 4.79 Å². The predicted molar refractivity (Wildman–Crippen MR) is 83.2 cm³/mol. The van der Waals surface area contributed by atoms with Gasteiger partial charge in [0.1, 0.15) is 0 Å². The Labute approximate surface area is 122 Å². The monoisotopic (exact) mass is 274 g/mol. The first-order valence-corrected chi connectivity index (χ1v) is 7.71. The number of nitrogens with one attached hydrogen (secondary N) is 1. The minimum absolute atomic E-state index is 0.0572. The molecule has 1 amide bonds. The van der Waals surface area contributed by atoms with E-state index >= 15 is 0 Å². The second kappa shape index (κ2) is 6.89. The zero-order chi connectivity index (χ0) is 14.5. The van der Waals surface area contributed by atoms with E-state index in [4.69, 9.17) is 5.73 Å². The van der Waals surface area contributed by atoms with Crippen LogP contribution in [-0.2, 0) is 4.79 Å². The maximum absolute atomic E-state index is 12.0. The summed E-state index contributed by atoms with van der Waals surface area (Å²) < 4.78 is 0. The first-order valence-electron chi connectivity index (χ1n) is 7.71. The molecule has 3 N–H and O–H groups in total. The Bertz CT molecular complexity index is 454. The van der Waals surface area contributed by atoms with E-state index in [0.717, 1.165) is 24.8 Å². The Morgan fingerprint density at radius 3 is 2.75 bits per heavy atom. The molecule has 1 saturated carbocycles. The van der Waals surface area contributed by atoms with Crippen molar-refractivity contribution in [3.63, 3.8) is 0 Å². The summed E-state index contributed by atoms with van der Waals surface area (Å²) in [5.41, 5.74) is 9.36. The van der Waals surface area contributed by atoms with Crippen LogP contribution in [0.1, 0.15) is 46.0 Å². The van der Waals surface area contributed by atoms with Crippen molar-refractivity contribution in [2.24, 2.45) is 11.7 Å². The second-order valence-electron chi connectivity index (χ2n) is 5.82. The van der Waals surface area contributed by atoms with Crippen molar-refractivity contribution in [1.29, 1.82) is 0 Å². The lowest BCUT2D eigenvalue weighted by Gasteiger charge is -2.10. The molecular weight excluding hydrogens is 248 g/mol. The number of carbonyl (C=O) groups excluding carboxylic acids is 1. The Morgan fingerprint density at radius 1 is 1.45 bits per heavy atom. The molecule has 3 heteroatoms. The lowest BCUT2D eigenvalue weighted by Crippen LogP contribution is -2.31. The van der Waals surface area contributed by atoms with Crippen molar-refractivity contribution in [2.45, 2.75) is 52.0 Å². The third-order valence-electron chi connectivity index (χ3n) is 4.28. The van der Waals surface area contributed by atoms with E-state index < -0.39 is 0 Å². The first kappa shape index (κ1) is 15.0. The smallest absolute Gasteiger partial charge is 0.244 e. The molecule has 0 spiro atoms. The van der Waals surface area contributed by atoms with Crippen LogP contribution in [0.4, 0.5) is 0 Å². The molecule has 1 atom stereocenters. The minimum Gasteiger partial charge on any atom is -0.350 e. The topological polar surface area (TPSA) is 55.1 Å². The van der Waals surface area contributed by atoms with Gasteiger partial charge in [-0.3, -0.25) is 4.79 Å². The van der Waals surface area contributed by atoms with E-state index in [2.05, 4.69) is 24.4 Å². The van der Waals surface area contributed by atoms with Crippen LogP contribution >= 0.6 is 0 Å². The molecule has 2 aliphatic carbocycles. The van der Waals surface area contributed by atoms with Gasteiger partial charge in [-0.1, -0.05) is 30.6 Å². The highest BCUT2D eigenvalue weighted by Gasteiger charge is 2.28. The highest BCUT2D eigenvalue weighted by Crippen LogP contribution is 2.41. The zero-order valence-electron chi connectivity index (χ0n) is 12.6. The fourth-order valence-electron chi connectivity index (χ4n) is 3.05. The number of nitrogens with two attached hydrogens (primary N) is 1. The Morgan fingerprint density at radius 2 is 2.15 bits per heavy atom. The van der Waals surface area contributed by atoms with E-state index in [1.165, 1.54) is 24.0 Å². The summed E-state index contributed by atoms with van der Waals surface area (Å²) in [6.07, 6.45) is 11.8. The van der Waals surface area contributed by atoms with Crippen molar-refractivity contribution in [1.82, 2.24) is 5.32 Å². The second-order valence-corrected chi connectivity index (χ2v) is 5.82. The van der Waals surface area contributed by atoms with Gasteiger partial charge in [0.2, 0.25) is 5.91 Å². The summed E-state index contributed by atoms with van der Waals surface area (Å²) >= 11 is 0. The third-order valence-corrected chi connectivity index (χ3v) is 4.28. The highest BCUT2D eigenvalue weighted by atomic mass is 16.1. The fraction of sp³-hybridized carbons (Fsp3) is 0.588. The van der Waals surface area contributed by atoms with Gasteiger partial charge in [-0.15, -0.1) is 0 Å². The average Bonchev–Trinajstić information content (AvgIpc) is 3.06. The molecular formula is C17H26N2O. The van der Waals surface area contributed by atoms with Gasteiger partial charge in [0.25, 0.3) is 0 Å². The molecule has 1 unspecified atom stereocenters. The molecule has 1 fully saturated rings. The van der Waals surface area contributed by atoms with Crippen LogP contribution < -0.4 is 11.1 Å². The Kier molecular flexibility index (Phi) is 5.18. The van der Waals surface area contributed by atoms with Crippen LogP contribution in [0.2, 0.25) is 0 Å². The predicted octanol–water partition coefficient (Wildman–Crippen LogP) is 2.84. The van der Waals surface area contributed by atoms with E-state index in [9.17, 15) is 4.79 Å². The third kappa shape index (κ3) is 3.83. The van der Waals surface area contributed by atoms with Crippen molar-refractivity contribution >= 4 is 5.91 Å². The van der Waals surface area contributed by atoms with Gasteiger partial charge in [-0.2, -0.15) is 0 Å². The molecule has 0 radical (unpaired) electrons. The number of hydrogen-bond donors (Lipinski definition) is 2. The molecule has 0 heterocycles. The van der Waals surface area contributed by atoms with E-state index in [-0.39, 0.29) is 5.91 Å². The molecule has 2 aliphatic rings. The zero-order valence-corrected chi connectivity index (χ0v) is 12.6. The molecule has 0 aromatic rings. The molecule has 3 nitrogen and oxygen atoms in total. The minimum atomic E-state index is 0.0572. The summed E-state index contributed by atoms with van der Waals surface area (Å²) in [5, 5.41) is 3.10. The fourth-order valence-corrected chi connectivity index (χ4v) is 3.05. The van der Waals surface area contributed by atoms with E-state index in [0.29, 0.717) is 18.5 Å². The number of rotatable bonds is 6. The van der Waals surface area contributed by atoms with Gasteiger partial charge in [-0.25, -0.2) is 0 Å². The molecule has 0 aromatic carbocycles. The quantitative estimate of drug-likeness (QED) is 0.578. The van der Waals surface area contributed by atoms with Crippen LogP contribution in [-0.4, -0.2) is 18.5 Å². The maximum Gasteiger partial charge on any atom is 0.244 e. The standard InChI is InChI=1S/C17H26N2O/c1-3-13(8-9-18)16-11-15(16)12(2)10-17(20)19-14-6-4-5-7-14/h3,10-11,14,16H,4-9,18H2,1-2H3,(H,19,20)/b12-10-,13-3-. The molecule has 110 valence electrons. The molecule has 0 bridgehead atoms. The number of allylic oxidation sites excluding steroid dienone is 4. The largest absolute Gasteiger partial charge is 0.350 e. The van der Waals surface area contributed by atoms with Gasteiger partial charge in [0.15, 0.2) is 0 Å². The van der Waals surface area contributed by atoms with Gasteiger partial charge in [0.05, 0.1) is 0 Å². The van der Waals surface area contributed by atoms with Crippen molar-refractivity contribution in [3.05, 3.63) is 34.9 Å². The number of hydrogen-bond acceptors (Lipinski definition) is 2. The van der Waals surface area contributed by atoms with Gasteiger partial charge in [0, 0.05) is 18.0 Å². The first-order chi connectivity index (χ1) is 9.65. The summed E-state index contributed by atoms with van der Waals surface area (Å²) in [5.74, 6) is 0.473. The van der Waals surface area contributed by atoms with E-state index in [1.807, 2.05) is 6.92 Å². The molecule has 2 rings (SSSR count). The highest BCUT2D eigenvalue weighted by molar-refractivity contribution is 5.89.